The van der Waals surface area contributed by atoms with Crippen LogP contribution in [0.5, 0.6) is 0 Å². The van der Waals surface area contributed by atoms with E-state index in [1.807, 2.05) is 12.1 Å². The highest BCUT2D eigenvalue weighted by Crippen LogP contribution is 2.26. The highest BCUT2D eigenvalue weighted by Gasteiger charge is 2.30. The lowest BCUT2D eigenvalue weighted by Crippen LogP contribution is -2.52. The van der Waals surface area contributed by atoms with Crippen molar-refractivity contribution < 1.29 is 22.4 Å². The van der Waals surface area contributed by atoms with Gasteiger partial charge in [0.15, 0.2) is 5.76 Å². The van der Waals surface area contributed by atoms with Crippen LogP contribution in [0.3, 0.4) is 0 Å². The lowest BCUT2D eigenvalue weighted by atomic mass is 9.92. The first kappa shape index (κ1) is 20.6. The molecule has 1 fully saturated rings. The Morgan fingerprint density at radius 2 is 1.73 bits per heavy atom. The Balaban J connectivity index is 1.33. The second kappa shape index (κ2) is 8.61. The molecule has 30 heavy (non-hydrogen) atoms. The van der Waals surface area contributed by atoms with E-state index < -0.39 is 15.9 Å². The van der Waals surface area contributed by atoms with E-state index in [1.54, 1.807) is 17.0 Å². The van der Waals surface area contributed by atoms with Gasteiger partial charge in [-0.25, -0.2) is 8.42 Å². The number of rotatable bonds is 5. The number of benzene rings is 1. The van der Waals surface area contributed by atoms with Crippen LogP contribution in [0.2, 0.25) is 0 Å². The van der Waals surface area contributed by atoms with Crippen LogP contribution >= 0.6 is 0 Å². The molecule has 1 N–H and O–H groups in total. The number of fused-ring (bicyclic) bond motifs is 1. The van der Waals surface area contributed by atoms with Crippen molar-refractivity contribution in [3.63, 3.8) is 0 Å². The number of carbonyl (C=O) groups excluding carboxylic acids is 2. The molecule has 1 saturated heterocycles. The minimum absolute atomic E-state index is 0.142. The Bertz CT molecular complexity index is 1020. The minimum atomic E-state index is -3.59. The molecule has 0 spiro atoms. The quantitative estimate of drug-likeness (QED) is 0.772. The first-order valence-corrected chi connectivity index (χ1v) is 11.6. The maximum atomic E-state index is 13.1. The number of hydrogen-bond acceptors (Lipinski definition) is 5. The van der Waals surface area contributed by atoms with Gasteiger partial charge in [0.05, 0.1) is 17.7 Å². The molecular formula is C21H25N3O5S. The molecule has 0 saturated carbocycles. The molecule has 4 rings (SSSR count). The van der Waals surface area contributed by atoms with E-state index in [-0.39, 0.29) is 31.3 Å². The maximum Gasteiger partial charge on any atom is 0.287 e. The van der Waals surface area contributed by atoms with Crippen LogP contribution in [0, 0.1) is 0 Å². The molecule has 0 atom stereocenters. The molecule has 9 heteroatoms. The number of amides is 2. The molecule has 2 amide bonds. The summed E-state index contributed by atoms with van der Waals surface area (Å²) in [6, 6.07) is 8.55. The predicted octanol–water partition coefficient (Wildman–Crippen LogP) is 1.42. The van der Waals surface area contributed by atoms with E-state index in [2.05, 4.69) is 5.32 Å². The number of hydrogen-bond donors (Lipinski definition) is 1. The standard InChI is InChI=1S/C21H25N3O5S/c25-20(15-22-21(26)19-6-3-13-29-19)23-9-11-24(12-10-23)30(27,28)18-8-7-16-4-1-2-5-17(16)14-18/h3,6-8,13-14H,1-2,4-5,9-12,15H2,(H,22,26). The van der Waals surface area contributed by atoms with Crippen molar-refractivity contribution in [3.05, 3.63) is 53.5 Å². The van der Waals surface area contributed by atoms with Gasteiger partial charge >= 0.3 is 0 Å². The van der Waals surface area contributed by atoms with Crippen molar-refractivity contribution in [2.45, 2.75) is 30.6 Å². The van der Waals surface area contributed by atoms with Gasteiger partial charge in [-0.1, -0.05) is 6.07 Å². The fourth-order valence-electron chi connectivity index (χ4n) is 3.96. The van der Waals surface area contributed by atoms with Gasteiger partial charge in [0.25, 0.3) is 5.91 Å². The van der Waals surface area contributed by atoms with Gasteiger partial charge in [-0.2, -0.15) is 4.31 Å². The van der Waals surface area contributed by atoms with Crippen LogP contribution < -0.4 is 5.32 Å². The van der Waals surface area contributed by atoms with Gasteiger partial charge in [0, 0.05) is 26.2 Å². The molecule has 1 aliphatic heterocycles. The van der Waals surface area contributed by atoms with E-state index in [0.717, 1.165) is 31.2 Å². The topological polar surface area (TPSA) is 99.9 Å². The lowest BCUT2D eigenvalue weighted by molar-refractivity contribution is -0.131. The third kappa shape index (κ3) is 4.27. The smallest absolute Gasteiger partial charge is 0.287 e. The average Bonchev–Trinajstić information content (AvgIpc) is 3.32. The van der Waals surface area contributed by atoms with E-state index in [9.17, 15) is 18.0 Å². The number of furan rings is 1. The van der Waals surface area contributed by atoms with Gasteiger partial charge in [0.2, 0.25) is 15.9 Å². The molecule has 0 unspecified atom stereocenters. The van der Waals surface area contributed by atoms with Crippen molar-refractivity contribution in [1.82, 2.24) is 14.5 Å². The zero-order valence-corrected chi connectivity index (χ0v) is 17.5. The molecule has 1 aliphatic carbocycles. The van der Waals surface area contributed by atoms with Crippen molar-refractivity contribution in [2.75, 3.05) is 32.7 Å². The van der Waals surface area contributed by atoms with Crippen LogP contribution in [0.15, 0.2) is 45.9 Å². The molecule has 2 aliphatic rings. The zero-order chi connectivity index (χ0) is 21.1. The SMILES string of the molecule is O=C(NCC(=O)N1CCN(S(=O)(=O)c2ccc3c(c2)CCCC3)CC1)c1ccco1. The summed E-state index contributed by atoms with van der Waals surface area (Å²) >= 11 is 0. The van der Waals surface area contributed by atoms with Crippen LogP contribution in [-0.4, -0.2) is 62.2 Å². The average molecular weight is 432 g/mol. The summed E-state index contributed by atoms with van der Waals surface area (Å²) in [6.07, 6.45) is 5.56. The monoisotopic (exact) mass is 431 g/mol. The highest BCUT2D eigenvalue weighted by atomic mass is 32.2. The van der Waals surface area contributed by atoms with Crippen molar-refractivity contribution in [3.8, 4) is 0 Å². The molecule has 2 heterocycles. The summed E-state index contributed by atoms with van der Waals surface area (Å²) in [5.41, 5.74) is 2.37. The van der Waals surface area contributed by atoms with E-state index in [1.165, 1.54) is 22.2 Å². The second-order valence-corrected chi connectivity index (χ2v) is 9.52. The third-order valence-electron chi connectivity index (χ3n) is 5.69. The molecule has 1 aromatic heterocycles. The number of nitrogens with zero attached hydrogens (tertiary/aromatic N) is 2. The van der Waals surface area contributed by atoms with Gasteiger partial charge in [-0.3, -0.25) is 9.59 Å². The van der Waals surface area contributed by atoms with Crippen LogP contribution in [0.1, 0.15) is 34.5 Å². The Morgan fingerprint density at radius 3 is 2.43 bits per heavy atom. The summed E-state index contributed by atoms with van der Waals surface area (Å²) in [7, 11) is -3.59. The number of aryl methyl sites for hydroxylation is 2. The Kier molecular flexibility index (Phi) is 5.92. The Hall–Kier alpha value is -2.65. The van der Waals surface area contributed by atoms with E-state index >= 15 is 0 Å². The van der Waals surface area contributed by atoms with Crippen molar-refractivity contribution in [1.29, 1.82) is 0 Å². The first-order valence-electron chi connectivity index (χ1n) is 10.2. The molecule has 2 aromatic rings. The fourth-order valence-corrected chi connectivity index (χ4v) is 5.43. The van der Waals surface area contributed by atoms with Crippen LogP contribution in [0.4, 0.5) is 0 Å². The minimum Gasteiger partial charge on any atom is -0.459 e. The van der Waals surface area contributed by atoms with Crippen LogP contribution in [0.25, 0.3) is 0 Å². The lowest BCUT2D eigenvalue weighted by Gasteiger charge is -2.34. The Labute approximate surface area is 175 Å². The van der Waals surface area contributed by atoms with E-state index in [4.69, 9.17) is 4.42 Å². The van der Waals surface area contributed by atoms with E-state index in [0.29, 0.717) is 18.0 Å². The third-order valence-corrected chi connectivity index (χ3v) is 7.59. The number of piperazine rings is 1. The van der Waals surface area contributed by atoms with Gasteiger partial charge in [-0.05, 0) is 61.1 Å². The summed E-state index contributed by atoms with van der Waals surface area (Å²) in [5, 5.41) is 2.52. The van der Waals surface area contributed by atoms with Gasteiger partial charge in [0.1, 0.15) is 0 Å². The Morgan fingerprint density at radius 1 is 1.00 bits per heavy atom. The largest absolute Gasteiger partial charge is 0.459 e. The molecule has 1 aromatic carbocycles. The zero-order valence-electron chi connectivity index (χ0n) is 16.7. The second-order valence-electron chi connectivity index (χ2n) is 7.58. The normalized spacial score (nSPS) is 17.4. The number of nitrogens with one attached hydrogen (secondary N) is 1. The van der Waals surface area contributed by atoms with Crippen molar-refractivity contribution in [2.24, 2.45) is 0 Å². The van der Waals surface area contributed by atoms with Gasteiger partial charge in [-0.15, -0.1) is 0 Å². The molecule has 8 nitrogen and oxygen atoms in total. The fraction of sp³-hybridized carbons (Fsp3) is 0.429. The molecule has 0 radical (unpaired) electrons. The molecule has 160 valence electrons. The summed E-state index contributed by atoms with van der Waals surface area (Å²) in [5.74, 6) is -0.563. The van der Waals surface area contributed by atoms with Crippen molar-refractivity contribution >= 4 is 21.8 Å². The maximum absolute atomic E-state index is 13.1. The number of sulfonamides is 1. The van der Waals surface area contributed by atoms with Gasteiger partial charge < -0.3 is 14.6 Å². The summed E-state index contributed by atoms with van der Waals surface area (Å²) in [6.45, 7) is 0.894. The summed E-state index contributed by atoms with van der Waals surface area (Å²) in [4.78, 5) is 26.1. The summed E-state index contributed by atoms with van der Waals surface area (Å²) < 4.78 is 32.5. The molecular weight excluding hydrogens is 406 g/mol. The first-order chi connectivity index (χ1) is 14.4. The van der Waals surface area contributed by atoms with Crippen LogP contribution in [-0.2, 0) is 27.7 Å². The highest BCUT2D eigenvalue weighted by molar-refractivity contribution is 7.89. The predicted molar refractivity (Wildman–Crippen MR) is 109 cm³/mol. The number of carbonyl (C=O) groups is 2. The molecule has 0 bridgehead atoms.